The number of rotatable bonds is 4. The molecular formula is C28H20ClN7O2. The first-order valence-corrected chi connectivity index (χ1v) is 12.3. The Labute approximate surface area is 222 Å². The Hall–Kier alpha value is -4.76. The maximum Gasteiger partial charge on any atom is 0.230 e. The van der Waals surface area contributed by atoms with Gasteiger partial charge in [0, 0.05) is 28.5 Å². The number of pyridine rings is 1. The summed E-state index contributed by atoms with van der Waals surface area (Å²) >= 11 is 6.31. The molecule has 0 radical (unpaired) electrons. The van der Waals surface area contributed by atoms with Crippen LogP contribution in [0.5, 0.6) is 17.5 Å². The fourth-order valence-corrected chi connectivity index (χ4v) is 5.18. The average Bonchev–Trinajstić information content (AvgIpc) is 3.54. The van der Waals surface area contributed by atoms with Gasteiger partial charge in [-0.15, -0.1) is 5.10 Å². The number of ether oxygens (including phenoxy) is 2. The normalized spacial score (nSPS) is 14.1. The first-order valence-electron chi connectivity index (χ1n) is 11.9. The van der Waals surface area contributed by atoms with Gasteiger partial charge in [-0.1, -0.05) is 35.9 Å². The van der Waals surface area contributed by atoms with Gasteiger partial charge in [-0.05, 0) is 43.3 Å². The molecule has 4 aromatic heterocycles. The van der Waals surface area contributed by atoms with Crippen LogP contribution in [0.3, 0.4) is 0 Å². The van der Waals surface area contributed by atoms with Crippen LogP contribution in [0, 0.1) is 6.92 Å². The summed E-state index contributed by atoms with van der Waals surface area (Å²) in [5, 5.41) is 10.2. The monoisotopic (exact) mass is 521 g/mol. The van der Waals surface area contributed by atoms with Crippen molar-refractivity contribution in [2.24, 2.45) is 0 Å². The number of fused-ring (bicyclic) bond motifs is 4. The fraction of sp³-hybridized carbons (Fsp3) is 0.107. The quantitative estimate of drug-likeness (QED) is 0.296. The first kappa shape index (κ1) is 22.4. The maximum absolute atomic E-state index is 6.48. The van der Waals surface area contributed by atoms with E-state index in [0.29, 0.717) is 28.3 Å². The molecule has 10 heteroatoms. The predicted octanol–water partition coefficient (Wildman–Crippen LogP) is 5.63. The van der Waals surface area contributed by atoms with E-state index in [4.69, 9.17) is 31.2 Å². The Kier molecular flexibility index (Phi) is 5.12. The summed E-state index contributed by atoms with van der Waals surface area (Å²) in [6.45, 7) is 1.97. The van der Waals surface area contributed by atoms with Crippen LogP contribution in [0.15, 0.2) is 79.4 Å². The van der Waals surface area contributed by atoms with Crippen LogP contribution in [0.4, 0.5) is 0 Å². The molecular weight excluding hydrogens is 502 g/mol. The molecule has 9 nitrogen and oxygen atoms in total. The number of nitrogens with zero attached hydrogens (tertiary/aromatic N) is 7. The van der Waals surface area contributed by atoms with Gasteiger partial charge >= 0.3 is 0 Å². The minimum Gasteiger partial charge on any atom is -0.496 e. The molecule has 0 spiro atoms. The van der Waals surface area contributed by atoms with E-state index >= 15 is 0 Å². The van der Waals surface area contributed by atoms with Crippen LogP contribution >= 0.6 is 11.6 Å². The molecule has 0 saturated heterocycles. The third kappa shape index (κ3) is 3.43. The fourth-order valence-electron chi connectivity index (χ4n) is 4.99. The van der Waals surface area contributed by atoms with Crippen LogP contribution in [0.1, 0.15) is 28.3 Å². The van der Waals surface area contributed by atoms with Crippen LogP contribution in [-0.4, -0.2) is 41.5 Å². The Morgan fingerprint density at radius 3 is 2.71 bits per heavy atom. The van der Waals surface area contributed by atoms with Gasteiger partial charge in [0.25, 0.3) is 0 Å². The Bertz CT molecular complexity index is 1830. The molecule has 186 valence electrons. The second-order valence-electron chi connectivity index (χ2n) is 8.88. The van der Waals surface area contributed by atoms with Crippen LogP contribution in [0.2, 0.25) is 5.02 Å². The summed E-state index contributed by atoms with van der Waals surface area (Å²) in [5.74, 6) is 1.94. The van der Waals surface area contributed by atoms with Crippen molar-refractivity contribution in [2.45, 2.75) is 12.8 Å². The lowest BCUT2D eigenvalue weighted by Gasteiger charge is -2.27. The number of halogens is 1. The zero-order valence-corrected chi connectivity index (χ0v) is 21.2. The number of benzene rings is 2. The van der Waals surface area contributed by atoms with Gasteiger partial charge in [0.05, 0.1) is 35.5 Å². The summed E-state index contributed by atoms with van der Waals surface area (Å²) < 4.78 is 15.7. The number of para-hydroxylation sites is 1. The van der Waals surface area contributed by atoms with E-state index in [1.165, 1.54) is 0 Å². The Morgan fingerprint density at radius 2 is 1.89 bits per heavy atom. The van der Waals surface area contributed by atoms with Gasteiger partial charge in [-0.3, -0.25) is 4.98 Å². The minimum absolute atomic E-state index is 0.333. The number of aryl methyl sites for hydroxylation is 1. The van der Waals surface area contributed by atoms with Crippen molar-refractivity contribution < 1.29 is 9.47 Å². The smallest absolute Gasteiger partial charge is 0.230 e. The molecule has 0 bridgehead atoms. The van der Waals surface area contributed by atoms with Gasteiger partial charge in [0.2, 0.25) is 11.8 Å². The van der Waals surface area contributed by atoms with Gasteiger partial charge in [0.15, 0.2) is 11.5 Å². The lowest BCUT2D eigenvalue weighted by molar-refractivity contribution is 0.393. The molecule has 38 heavy (non-hydrogen) atoms. The van der Waals surface area contributed by atoms with E-state index in [1.807, 2.05) is 67.6 Å². The van der Waals surface area contributed by atoms with Crippen molar-refractivity contribution in [2.75, 3.05) is 7.11 Å². The number of aromatic nitrogens is 7. The molecule has 0 N–H and O–H groups in total. The Morgan fingerprint density at radius 1 is 1.00 bits per heavy atom. The largest absolute Gasteiger partial charge is 0.496 e. The molecule has 0 unspecified atom stereocenters. The zero-order chi connectivity index (χ0) is 25.8. The molecule has 5 heterocycles. The van der Waals surface area contributed by atoms with E-state index in [0.717, 1.165) is 39.4 Å². The molecule has 0 fully saturated rings. The Balaban J connectivity index is 1.52. The third-order valence-electron chi connectivity index (χ3n) is 6.64. The molecule has 1 aliphatic rings. The summed E-state index contributed by atoms with van der Waals surface area (Å²) in [4.78, 5) is 13.8. The number of methoxy groups -OCH3 is 1. The summed E-state index contributed by atoms with van der Waals surface area (Å²) in [5.41, 5.74) is 5.63. The van der Waals surface area contributed by atoms with Crippen molar-refractivity contribution in [3.05, 3.63) is 107 Å². The lowest BCUT2D eigenvalue weighted by Crippen LogP contribution is -2.16. The van der Waals surface area contributed by atoms with Gasteiger partial charge in [0.1, 0.15) is 12.1 Å². The maximum atomic E-state index is 6.48. The third-order valence-corrected chi connectivity index (χ3v) is 6.88. The highest BCUT2D eigenvalue weighted by Gasteiger charge is 2.39. The van der Waals surface area contributed by atoms with Gasteiger partial charge in [-0.2, -0.15) is 5.10 Å². The van der Waals surface area contributed by atoms with Crippen molar-refractivity contribution in [1.82, 2.24) is 34.3 Å². The van der Waals surface area contributed by atoms with Crippen LogP contribution < -0.4 is 9.47 Å². The van der Waals surface area contributed by atoms with Gasteiger partial charge < -0.3 is 9.47 Å². The second kappa shape index (κ2) is 8.67. The van der Waals surface area contributed by atoms with Gasteiger partial charge in [-0.25, -0.2) is 19.2 Å². The molecule has 6 aromatic rings. The second-order valence-corrected chi connectivity index (χ2v) is 9.32. The molecule has 0 aliphatic carbocycles. The van der Waals surface area contributed by atoms with Crippen LogP contribution in [0.25, 0.3) is 22.7 Å². The lowest BCUT2D eigenvalue weighted by atomic mass is 9.84. The highest BCUT2D eigenvalue weighted by molar-refractivity contribution is 6.30. The van der Waals surface area contributed by atoms with Crippen LogP contribution in [-0.2, 0) is 0 Å². The van der Waals surface area contributed by atoms with Crippen molar-refractivity contribution in [3.8, 4) is 34.6 Å². The van der Waals surface area contributed by atoms with Crippen molar-refractivity contribution in [1.29, 1.82) is 0 Å². The minimum atomic E-state index is -0.333. The number of hydrogen-bond acceptors (Lipinski definition) is 7. The molecule has 0 saturated carbocycles. The van der Waals surface area contributed by atoms with Crippen molar-refractivity contribution >= 4 is 17.2 Å². The molecule has 0 amide bonds. The zero-order valence-electron chi connectivity index (χ0n) is 20.4. The predicted molar refractivity (Wildman–Crippen MR) is 141 cm³/mol. The van der Waals surface area contributed by atoms with E-state index in [-0.39, 0.29) is 5.92 Å². The van der Waals surface area contributed by atoms with E-state index in [9.17, 15) is 0 Å². The summed E-state index contributed by atoms with van der Waals surface area (Å²) in [6.07, 6.45) is 5.06. The van der Waals surface area contributed by atoms with E-state index < -0.39 is 0 Å². The summed E-state index contributed by atoms with van der Waals surface area (Å²) in [7, 11) is 1.67. The highest BCUT2D eigenvalue weighted by Crippen LogP contribution is 2.51. The molecule has 7 rings (SSSR count). The first-order chi connectivity index (χ1) is 18.6. The molecule has 1 aliphatic heterocycles. The molecule has 2 aromatic carbocycles. The topological polar surface area (TPSA) is 92.2 Å². The standard InChI is InChI=1S/C28H20ClN7O2/c1-16-22-23(20-10-3-4-11-21(20)37-2)24-26-32-25(17-7-6-12-30-14-17)34-35(26)15-31-27(24)38-28(22)36(33-16)19-9-5-8-18(29)13-19/h3-15,23H,1-2H3/t23-/m0/s1. The number of hydrogen-bond donors (Lipinski definition) is 0. The molecule has 1 atom stereocenters. The SMILES string of the molecule is COc1ccccc1[C@H]1c2c(C)nn(-c3cccc(Cl)c3)c2Oc2ncn3nc(-c4cccnc4)nc3c21. The summed E-state index contributed by atoms with van der Waals surface area (Å²) in [6, 6.07) is 19.2. The average molecular weight is 522 g/mol. The van der Waals surface area contributed by atoms with E-state index in [1.54, 1.807) is 35.0 Å². The van der Waals surface area contributed by atoms with Crippen molar-refractivity contribution in [3.63, 3.8) is 0 Å². The highest BCUT2D eigenvalue weighted by atomic mass is 35.5. The van der Waals surface area contributed by atoms with E-state index in [2.05, 4.69) is 15.1 Å².